The standard InChI is InChI=1S/C12H24N2O/c1-10(2)8-13-12(15-11(10,3)4)6-7-14(5)9-12/h13H,6-9H2,1-5H3. The summed E-state index contributed by atoms with van der Waals surface area (Å²) in [5, 5.41) is 3.61. The lowest BCUT2D eigenvalue weighted by Gasteiger charge is -2.53. The van der Waals surface area contributed by atoms with Crippen molar-refractivity contribution in [2.45, 2.75) is 45.4 Å². The van der Waals surface area contributed by atoms with Crippen molar-refractivity contribution in [1.29, 1.82) is 0 Å². The Morgan fingerprint density at radius 1 is 1.20 bits per heavy atom. The van der Waals surface area contributed by atoms with Crippen LogP contribution in [0.1, 0.15) is 34.1 Å². The maximum atomic E-state index is 6.36. The van der Waals surface area contributed by atoms with Crippen molar-refractivity contribution in [2.24, 2.45) is 5.41 Å². The minimum Gasteiger partial charge on any atom is -0.353 e. The van der Waals surface area contributed by atoms with Gasteiger partial charge < -0.3 is 9.64 Å². The van der Waals surface area contributed by atoms with E-state index in [1.807, 2.05) is 0 Å². The Morgan fingerprint density at radius 3 is 2.33 bits per heavy atom. The van der Waals surface area contributed by atoms with E-state index in [9.17, 15) is 0 Å². The van der Waals surface area contributed by atoms with Gasteiger partial charge in [-0.2, -0.15) is 0 Å². The number of hydrogen-bond acceptors (Lipinski definition) is 3. The van der Waals surface area contributed by atoms with Gasteiger partial charge in [0.25, 0.3) is 0 Å². The molecule has 0 radical (unpaired) electrons. The normalized spacial score (nSPS) is 39.8. The maximum absolute atomic E-state index is 6.36. The van der Waals surface area contributed by atoms with Gasteiger partial charge in [0.2, 0.25) is 0 Å². The second-order valence-electron chi connectivity index (χ2n) is 6.33. The summed E-state index contributed by atoms with van der Waals surface area (Å²) in [5.41, 5.74) is 0.0522. The van der Waals surface area contributed by atoms with Crippen molar-refractivity contribution in [1.82, 2.24) is 10.2 Å². The predicted octanol–water partition coefficient (Wildman–Crippen LogP) is 1.44. The first-order valence-corrected chi connectivity index (χ1v) is 5.90. The molecule has 2 fully saturated rings. The van der Waals surface area contributed by atoms with Gasteiger partial charge in [-0.15, -0.1) is 0 Å². The van der Waals surface area contributed by atoms with E-state index in [4.69, 9.17) is 4.74 Å². The SMILES string of the molecule is CN1CCC2(C1)NCC(C)(C)C(C)(C)O2. The molecule has 0 bridgehead atoms. The molecule has 2 heterocycles. The van der Waals surface area contributed by atoms with Gasteiger partial charge in [0.15, 0.2) is 0 Å². The summed E-state index contributed by atoms with van der Waals surface area (Å²) in [6, 6.07) is 0. The maximum Gasteiger partial charge on any atom is 0.134 e. The molecule has 88 valence electrons. The van der Waals surface area contributed by atoms with Crippen LogP contribution in [0.3, 0.4) is 0 Å². The Labute approximate surface area is 93.2 Å². The molecule has 0 aromatic rings. The van der Waals surface area contributed by atoms with E-state index in [0.717, 1.165) is 26.1 Å². The molecule has 0 aromatic heterocycles. The summed E-state index contributed by atoms with van der Waals surface area (Å²) < 4.78 is 6.36. The van der Waals surface area contributed by atoms with Gasteiger partial charge >= 0.3 is 0 Å². The highest BCUT2D eigenvalue weighted by Gasteiger charge is 2.51. The van der Waals surface area contributed by atoms with E-state index in [1.54, 1.807) is 0 Å². The monoisotopic (exact) mass is 212 g/mol. The topological polar surface area (TPSA) is 24.5 Å². The van der Waals surface area contributed by atoms with Crippen LogP contribution >= 0.6 is 0 Å². The Balaban J connectivity index is 2.15. The van der Waals surface area contributed by atoms with Crippen molar-refractivity contribution in [2.75, 3.05) is 26.7 Å². The molecule has 0 amide bonds. The molecule has 1 unspecified atom stereocenters. The molecule has 1 N–H and O–H groups in total. The fraction of sp³-hybridized carbons (Fsp3) is 1.00. The van der Waals surface area contributed by atoms with Crippen LogP contribution in [0, 0.1) is 5.41 Å². The number of likely N-dealkylation sites (N-methyl/N-ethyl adjacent to an activating group) is 1. The van der Waals surface area contributed by atoms with Crippen molar-refractivity contribution < 1.29 is 4.74 Å². The van der Waals surface area contributed by atoms with Gasteiger partial charge in [-0.25, -0.2) is 0 Å². The molecule has 2 rings (SSSR count). The lowest BCUT2D eigenvalue weighted by molar-refractivity contribution is -0.229. The number of likely N-dealkylation sites (tertiary alicyclic amines) is 1. The Morgan fingerprint density at radius 2 is 1.87 bits per heavy atom. The van der Waals surface area contributed by atoms with Gasteiger partial charge in [-0.05, 0) is 20.9 Å². The highest BCUT2D eigenvalue weighted by atomic mass is 16.5. The van der Waals surface area contributed by atoms with E-state index in [2.05, 4.69) is 45.0 Å². The Bertz CT molecular complexity index is 262. The summed E-state index contributed by atoms with van der Waals surface area (Å²) >= 11 is 0. The van der Waals surface area contributed by atoms with Crippen LogP contribution in [-0.2, 0) is 4.74 Å². The first kappa shape index (κ1) is 11.4. The van der Waals surface area contributed by atoms with E-state index in [1.165, 1.54) is 0 Å². The molecule has 0 saturated carbocycles. The van der Waals surface area contributed by atoms with Gasteiger partial charge in [0.05, 0.1) is 5.60 Å². The molecule has 2 aliphatic heterocycles. The number of hydrogen-bond donors (Lipinski definition) is 1. The quantitative estimate of drug-likeness (QED) is 0.657. The zero-order valence-electron chi connectivity index (χ0n) is 10.7. The van der Waals surface area contributed by atoms with Crippen LogP contribution in [-0.4, -0.2) is 42.9 Å². The van der Waals surface area contributed by atoms with Gasteiger partial charge in [-0.1, -0.05) is 13.8 Å². The zero-order chi connectivity index (χ0) is 11.3. The van der Waals surface area contributed by atoms with Crippen molar-refractivity contribution >= 4 is 0 Å². The fourth-order valence-corrected chi connectivity index (χ4v) is 2.45. The Hall–Kier alpha value is -0.120. The summed E-state index contributed by atoms with van der Waals surface area (Å²) in [7, 11) is 2.16. The molecule has 3 nitrogen and oxygen atoms in total. The highest BCUT2D eigenvalue weighted by Crippen LogP contribution is 2.42. The lowest BCUT2D eigenvalue weighted by Crippen LogP contribution is -2.66. The van der Waals surface area contributed by atoms with Crippen LogP contribution in [0.2, 0.25) is 0 Å². The second kappa shape index (κ2) is 3.19. The molecule has 0 aromatic carbocycles. The molecule has 2 aliphatic rings. The molecule has 0 aliphatic carbocycles. The largest absolute Gasteiger partial charge is 0.353 e. The van der Waals surface area contributed by atoms with Crippen LogP contribution in [0.25, 0.3) is 0 Å². The highest BCUT2D eigenvalue weighted by molar-refractivity contribution is 5.01. The third-order valence-electron chi connectivity index (χ3n) is 4.36. The average molecular weight is 212 g/mol. The minimum atomic E-state index is -0.0895. The van der Waals surface area contributed by atoms with Crippen molar-refractivity contribution in [3.63, 3.8) is 0 Å². The smallest absolute Gasteiger partial charge is 0.134 e. The van der Waals surface area contributed by atoms with E-state index < -0.39 is 0 Å². The van der Waals surface area contributed by atoms with Crippen LogP contribution in [0.4, 0.5) is 0 Å². The van der Waals surface area contributed by atoms with Gasteiger partial charge in [0, 0.05) is 31.5 Å². The molecule has 3 heteroatoms. The van der Waals surface area contributed by atoms with Crippen molar-refractivity contribution in [3.8, 4) is 0 Å². The molecule has 1 spiro atoms. The molecule has 15 heavy (non-hydrogen) atoms. The van der Waals surface area contributed by atoms with E-state index in [-0.39, 0.29) is 16.7 Å². The van der Waals surface area contributed by atoms with E-state index in [0.29, 0.717) is 0 Å². The number of nitrogens with one attached hydrogen (secondary N) is 1. The first-order valence-electron chi connectivity index (χ1n) is 5.90. The first-order chi connectivity index (χ1) is 6.77. The van der Waals surface area contributed by atoms with Crippen LogP contribution in [0.5, 0.6) is 0 Å². The van der Waals surface area contributed by atoms with E-state index >= 15 is 0 Å². The second-order valence-corrected chi connectivity index (χ2v) is 6.33. The molecule has 1 atom stereocenters. The molecule has 2 saturated heterocycles. The third-order valence-corrected chi connectivity index (χ3v) is 4.36. The van der Waals surface area contributed by atoms with Crippen LogP contribution < -0.4 is 5.32 Å². The van der Waals surface area contributed by atoms with Gasteiger partial charge in [0.1, 0.15) is 5.72 Å². The zero-order valence-corrected chi connectivity index (χ0v) is 10.7. The fourth-order valence-electron chi connectivity index (χ4n) is 2.45. The Kier molecular flexibility index (Phi) is 2.42. The summed E-state index contributed by atoms with van der Waals surface area (Å²) in [5.74, 6) is 0. The molecular formula is C12H24N2O. The average Bonchev–Trinajstić information content (AvgIpc) is 2.42. The molecular weight excluding hydrogens is 188 g/mol. The summed E-state index contributed by atoms with van der Waals surface area (Å²) in [4.78, 5) is 2.33. The third kappa shape index (κ3) is 1.81. The summed E-state index contributed by atoms with van der Waals surface area (Å²) in [6.45, 7) is 12.1. The predicted molar refractivity (Wildman–Crippen MR) is 61.8 cm³/mol. The van der Waals surface area contributed by atoms with Crippen molar-refractivity contribution in [3.05, 3.63) is 0 Å². The van der Waals surface area contributed by atoms with Gasteiger partial charge in [-0.3, -0.25) is 5.32 Å². The minimum absolute atomic E-state index is 0.0522. The summed E-state index contributed by atoms with van der Waals surface area (Å²) in [6.07, 6.45) is 1.10. The number of ether oxygens (including phenoxy) is 1. The lowest BCUT2D eigenvalue weighted by atomic mass is 9.75. The number of nitrogens with zero attached hydrogens (tertiary/aromatic N) is 1. The number of rotatable bonds is 0. The van der Waals surface area contributed by atoms with Crippen LogP contribution in [0.15, 0.2) is 0 Å².